The summed E-state index contributed by atoms with van der Waals surface area (Å²) in [5.41, 5.74) is 2.16. The zero-order valence-corrected chi connectivity index (χ0v) is 16.6. The van der Waals surface area contributed by atoms with Crippen molar-refractivity contribution in [1.82, 2.24) is 4.90 Å². The third-order valence-corrected chi connectivity index (χ3v) is 6.22. The van der Waals surface area contributed by atoms with Gasteiger partial charge in [0.25, 0.3) is 5.91 Å². The van der Waals surface area contributed by atoms with Gasteiger partial charge in [-0.1, -0.05) is 31.5 Å². The standard InChI is InChI=1S/C19H27NO5S/c1-13(2)10-20(16-7-8-26(23,24)12-16)18(21)11-25-19(22)17-9-14(3)5-6-15(17)4/h5-6,9,13,16H,7-8,10-12H2,1-4H3. The maximum Gasteiger partial charge on any atom is 0.338 e. The fourth-order valence-corrected chi connectivity index (χ4v) is 4.84. The van der Waals surface area contributed by atoms with Gasteiger partial charge < -0.3 is 9.64 Å². The van der Waals surface area contributed by atoms with E-state index in [-0.39, 0.29) is 36.0 Å². The molecular formula is C19H27NO5S. The third kappa shape index (κ3) is 5.30. The second-order valence-corrected chi connectivity index (χ2v) is 9.62. The van der Waals surface area contributed by atoms with Crippen LogP contribution >= 0.6 is 0 Å². The Bertz CT molecular complexity index is 785. The summed E-state index contributed by atoms with van der Waals surface area (Å²) in [6.45, 7) is 7.69. The van der Waals surface area contributed by atoms with E-state index in [0.29, 0.717) is 18.5 Å². The van der Waals surface area contributed by atoms with Crippen LogP contribution < -0.4 is 0 Å². The first-order valence-corrected chi connectivity index (χ1v) is 10.7. The van der Waals surface area contributed by atoms with E-state index >= 15 is 0 Å². The number of nitrogens with zero attached hydrogens (tertiary/aromatic N) is 1. The summed E-state index contributed by atoms with van der Waals surface area (Å²) >= 11 is 0. The van der Waals surface area contributed by atoms with E-state index in [1.807, 2.05) is 39.8 Å². The molecule has 1 fully saturated rings. The van der Waals surface area contributed by atoms with E-state index in [4.69, 9.17) is 4.74 Å². The lowest BCUT2D eigenvalue weighted by atomic mass is 10.1. The summed E-state index contributed by atoms with van der Waals surface area (Å²) in [4.78, 5) is 26.5. The normalized spacial score (nSPS) is 18.7. The van der Waals surface area contributed by atoms with Gasteiger partial charge in [-0.3, -0.25) is 4.79 Å². The number of rotatable bonds is 6. The van der Waals surface area contributed by atoms with E-state index in [2.05, 4.69) is 0 Å². The van der Waals surface area contributed by atoms with E-state index < -0.39 is 15.8 Å². The number of carbonyl (C=O) groups is 2. The summed E-state index contributed by atoms with van der Waals surface area (Å²) in [5, 5.41) is 0. The summed E-state index contributed by atoms with van der Waals surface area (Å²) in [6, 6.07) is 5.14. The van der Waals surface area contributed by atoms with Crippen LogP contribution in [-0.4, -0.2) is 55.9 Å². The molecule has 1 heterocycles. The van der Waals surface area contributed by atoms with Crippen LogP contribution in [0.3, 0.4) is 0 Å². The van der Waals surface area contributed by atoms with Crippen LogP contribution in [0.5, 0.6) is 0 Å². The zero-order valence-electron chi connectivity index (χ0n) is 15.8. The summed E-state index contributed by atoms with van der Waals surface area (Å²) in [5.74, 6) is -0.613. The van der Waals surface area contributed by atoms with Crippen molar-refractivity contribution in [1.29, 1.82) is 0 Å². The van der Waals surface area contributed by atoms with Gasteiger partial charge in [-0.25, -0.2) is 13.2 Å². The van der Waals surface area contributed by atoms with Crippen LogP contribution in [-0.2, 0) is 19.4 Å². The molecule has 1 atom stereocenters. The van der Waals surface area contributed by atoms with Crippen molar-refractivity contribution in [2.24, 2.45) is 5.92 Å². The molecule has 0 bridgehead atoms. The van der Waals surface area contributed by atoms with Gasteiger partial charge in [0.2, 0.25) is 0 Å². The van der Waals surface area contributed by atoms with Gasteiger partial charge in [0.1, 0.15) is 0 Å². The molecule has 0 spiro atoms. The van der Waals surface area contributed by atoms with Gasteiger partial charge in [0, 0.05) is 12.6 Å². The maximum atomic E-state index is 12.6. The predicted molar refractivity (Wildman–Crippen MR) is 99.8 cm³/mol. The molecule has 2 rings (SSSR count). The lowest BCUT2D eigenvalue weighted by molar-refractivity contribution is -0.137. The van der Waals surface area contributed by atoms with E-state index in [9.17, 15) is 18.0 Å². The van der Waals surface area contributed by atoms with Gasteiger partial charge in [-0.05, 0) is 37.8 Å². The molecule has 1 amide bonds. The molecule has 0 N–H and O–H groups in total. The number of hydrogen-bond donors (Lipinski definition) is 0. The van der Waals surface area contributed by atoms with Gasteiger partial charge in [0.05, 0.1) is 17.1 Å². The number of benzene rings is 1. The Kier molecular flexibility index (Phi) is 6.44. The van der Waals surface area contributed by atoms with Crippen molar-refractivity contribution in [2.45, 2.75) is 40.2 Å². The molecule has 144 valence electrons. The molecule has 0 saturated carbocycles. The highest BCUT2D eigenvalue weighted by Crippen LogP contribution is 2.20. The smallest absolute Gasteiger partial charge is 0.338 e. The fourth-order valence-electron chi connectivity index (χ4n) is 3.11. The minimum atomic E-state index is -3.10. The van der Waals surface area contributed by atoms with E-state index in [1.54, 1.807) is 11.0 Å². The number of ether oxygens (including phenoxy) is 1. The Morgan fingerprint density at radius 3 is 2.54 bits per heavy atom. The zero-order chi connectivity index (χ0) is 19.5. The third-order valence-electron chi connectivity index (χ3n) is 4.47. The Hall–Kier alpha value is -1.89. The fraction of sp³-hybridized carbons (Fsp3) is 0.579. The molecular weight excluding hydrogens is 354 g/mol. The van der Waals surface area contributed by atoms with Crippen molar-refractivity contribution >= 4 is 21.7 Å². The van der Waals surface area contributed by atoms with Crippen molar-refractivity contribution in [3.8, 4) is 0 Å². The Morgan fingerprint density at radius 1 is 1.27 bits per heavy atom. The van der Waals surface area contributed by atoms with Crippen LogP contribution in [0.1, 0.15) is 41.8 Å². The second kappa shape index (κ2) is 8.20. The monoisotopic (exact) mass is 381 g/mol. The molecule has 26 heavy (non-hydrogen) atoms. The Labute approximate surface area is 155 Å². The molecule has 1 aromatic rings. The van der Waals surface area contributed by atoms with Gasteiger partial charge in [-0.2, -0.15) is 0 Å². The second-order valence-electron chi connectivity index (χ2n) is 7.39. The lowest BCUT2D eigenvalue weighted by Crippen LogP contribution is -2.45. The molecule has 1 aliphatic heterocycles. The molecule has 6 nitrogen and oxygen atoms in total. The molecule has 7 heteroatoms. The molecule has 0 aromatic heterocycles. The largest absolute Gasteiger partial charge is 0.452 e. The SMILES string of the molecule is Cc1ccc(C)c(C(=O)OCC(=O)N(CC(C)C)C2CCS(=O)(=O)C2)c1. The average molecular weight is 381 g/mol. The first-order chi connectivity index (χ1) is 12.1. The summed E-state index contributed by atoms with van der Waals surface area (Å²) in [6.07, 6.45) is 0.436. The van der Waals surface area contributed by atoms with Gasteiger partial charge in [-0.15, -0.1) is 0 Å². The van der Waals surface area contributed by atoms with Crippen molar-refractivity contribution in [3.05, 3.63) is 34.9 Å². The summed E-state index contributed by atoms with van der Waals surface area (Å²) < 4.78 is 28.7. The minimum absolute atomic E-state index is 0.0175. The number of sulfone groups is 1. The highest BCUT2D eigenvalue weighted by atomic mass is 32.2. The molecule has 1 aromatic carbocycles. The van der Waals surface area contributed by atoms with Gasteiger partial charge in [0.15, 0.2) is 16.4 Å². The number of carbonyl (C=O) groups excluding carboxylic acids is 2. The quantitative estimate of drug-likeness (QED) is 0.705. The van der Waals surface area contributed by atoms with Crippen LogP contribution in [0.15, 0.2) is 18.2 Å². The Morgan fingerprint density at radius 2 is 1.96 bits per heavy atom. The molecule has 0 radical (unpaired) electrons. The average Bonchev–Trinajstić information content (AvgIpc) is 2.91. The van der Waals surface area contributed by atoms with E-state index in [0.717, 1.165) is 11.1 Å². The molecule has 1 unspecified atom stereocenters. The van der Waals surface area contributed by atoms with Crippen molar-refractivity contribution in [2.75, 3.05) is 24.7 Å². The number of amides is 1. The number of hydrogen-bond acceptors (Lipinski definition) is 5. The maximum absolute atomic E-state index is 12.6. The highest BCUT2D eigenvalue weighted by molar-refractivity contribution is 7.91. The number of aryl methyl sites for hydroxylation is 2. The molecule has 1 saturated heterocycles. The minimum Gasteiger partial charge on any atom is -0.452 e. The number of esters is 1. The first kappa shape index (κ1) is 20.4. The van der Waals surface area contributed by atoms with E-state index in [1.165, 1.54) is 0 Å². The topological polar surface area (TPSA) is 80.8 Å². The lowest BCUT2D eigenvalue weighted by Gasteiger charge is -2.29. The van der Waals surface area contributed by atoms with Crippen LogP contribution in [0.25, 0.3) is 0 Å². The van der Waals surface area contributed by atoms with Crippen LogP contribution in [0.2, 0.25) is 0 Å². The Balaban J connectivity index is 2.05. The summed E-state index contributed by atoms with van der Waals surface area (Å²) in [7, 11) is -3.10. The van der Waals surface area contributed by atoms with Crippen molar-refractivity contribution < 1.29 is 22.7 Å². The molecule has 1 aliphatic rings. The molecule has 0 aliphatic carbocycles. The van der Waals surface area contributed by atoms with Crippen LogP contribution in [0.4, 0.5) is 0 Å². The van der Waals surface area contributed by atoms with Gasteiger partial charge >= 0.3 is 5.97 Å². The van der Waals surface area contributed by atoms with Crippen molar-refractivity contribution in [3.63, 3.8) is 0 Å². The highest BCUT2D eigenvalue weighted by Gasteiger charge is 2.35. The predicted octanol–water partition coefficient (Wildman–Crippen LogP) is 2.13. The van der Waals surface area contributed by atoms with Crippen LogP contribution in [0, 0.1) is 19.8 Å². The first-order valence-electron chi connectivity index (χ1n) is 8.83.